The summed E-state index contributed by atoms with van der Waals surface area (Å²) in [5, 5.41) is 8.85. The van der Waals surface area contributed by atoms with Crippen molar-refractivity contribution in [1.29, 1.82) is 0 Å². The summed E-state index contributed by atoms with van der Waals surface area (Å²) in [5.74, 6) is -1.22. The van der Waals surface area contributed by atoms with Crippen molar-refractivity contribution in [3.8, 4) is 0 Å². The molecule has 0 aliphatic heterocycles. The Balaban J connectivity index is 2.50. The van der Waals surface area contributed by atoms with Crippen molar-refractivity contribution >= 4 is 24.6 Å². The number of carbonyl (C=O) groups is 1. The van der Waals surface area contributed by atoms with Crippen molar-refractivity contribution in [2.75, 3.05) is 0 Å². The topological polar surface area (TPSA) is 147 Å². The number of aliphatic carboxylic acids is 1. The molecule has 0 aliphatic rings. The van der Waals surface area contributed by atoms with Crippen LogP contribution < -0.4 is 5.73 Å². The Morgan fingerprint density at radius 2 is 1.71 bits per heavy atom. The van der Waals surface area contributed by atoms with Gasteiger partial charge in [-0.25, -0.2) is 9.97 Å². The minimum Gasteiger partial charge on any atom is -0.480 e. The van der Waals surface area contributed by atoms with Gasteiger partial charge in [0.15, 0.2) is 0 Å². The highest BCUT2D eigenvalue weighted by Crippen LogP contribution is 2.39. The minimum atomic E-state index is -4.35. The summed E-state index contributed by atoms with van der Waals surface area (Å²) < 4.78 is 11.2. The van der Waals surface area contributed by atoms with Crippen LogP contribution in [0.2, 0.25) is 0 Å². The van der Waals surface area contributed by atoms with Crippen LogP contribution in [0.3, 0.4) is 0 Å². The van der Waals surface area contributed by atoms with E-state index in [1.54, 1.807) is 24.3 Å². The van der Waals surface area contributed by atoms with Gasteiger partial charge in [-0.3, -0.25) is 9.36 Å². The van der Waals surface area contributed by atoms with Crippen molar-refractivity contribution < 1.29 is 24.3 Å². The van der Waals surface area contributed by atoms with Gasteiger partial charge >= 0.3 is 13.6 Å². The molecule has 0 bridgehead atoms. The maximum absolute atomic E-state index is 11.2. The summed E-state index contributed by atoms with van der Waals surface area (Å²) in [6, 6.07) is 5.59. The van der Waals surface area contributed by atoms with Crippen LogP contribution >= 0.6 is 7.60 Å². The molecule has 0 amide bonds. The summed E-state index contributed by atoms with van der Waals surface area (Å²) in [6.45, 7) is 0. The molecule has 1 heterocycles. The molecular weight excluding hydrogens is 297 g/mol. The number of carboxylic acid groups (broad SMARTS) is 1. The lowest BCUT2D eigenvalue weighted by Crippen LogP contribution is -2.33. The molecule has 2 aromatic rings. The minimum absolute atomic E-state index is 0.0683. The summed E-state index contributed by atoms with van der Waals surface area (Å²) in [7, 11) is -4.35. The maximum Gasteiger partial charge on any atom is 0.331 e. The van der Waals surface area contributed by atoms with E-state index in [-0.39, 0.29) is 17.8 Å². The molecule has 0 radical (unpaired) electrons. The number of benzene rings is 1. The van der Waals surface area contributed by atoms with Crippen molar-refractivity contribution in [3.05, 3.63) is 35.7 Å². The van der Waals surface area contributed by atoms with Gasteiger partial charge in [0.05, 0.1) is 28.6 Å². The fraction of sp³-hybridized carbons (Fsp3) is 0.250. The van der Waals surface area contributed by atoms with E-state index in [4.69, 9.17) is 20.6 Å². The first-order valence-corrected chi connectivity index (χ1v) is 7.83. The van der Waals surface area contributed by atoms with Gasteiger partial charge in [-0.05, 0) is 12.1 Å². The number of fused-ring (bicyclic) bond motifs is 1. The third-order valence-electron chi connectivity index (χ3n) is 2.81. The molecule has 0 saturated carbocycles. The van der Waals surface area contributed by atoms with Crippen LogP contribution in [0.5, 0.6) is 0 Å². The van der Waals surface area contributed by atoms with Crippen LogP contribution in [0, 0.1) is 0 Å². The fourth-order valence-corrected chi connectivity index (χ4v) is 2.50. The van der Waals surface area contributed by atoms with Gasteiger partial charge in [-0.1, -0.05) is 12.1 Å². The van der Waals surface area contributed by atoms with Crippen molar-refractivity contribution in [3.63, 3.8) is 0 Å². The van der Waals surface area contributed by atoms with Crippen LogP contribution in [0.4, 0.5) is 0 Å². The fourth-order valence-electron chi connectivity index (χ4n) is 1.85. The van der Waals surface area contributed by atoms with Crippen LogP contribution in [0.15, 0.2) is 24.3 Å². The van der Waals surface area contributed by atoms with Gasteiger partial charge in [0.25, 0.3) is 0 Å². The van der Waals surface area contributed by atoms with E-state index in [1.807, 2.05) is 0 Å². The Morgan fingerprint density at radius 1 is 1.19 bits per heavy atom. The predicted molar refractivity (Wildman–Crippen MR) is 74.6 cm³/mol. The monoisotopic (exact) mass is 311 g/mol. The standard InChI is InChI=1S/C12H14N3O5P/c13-7(12(16)17)5-10-11(6-21(18,19)20)15-9-4-2-1-3-8(9)14-10/h1-4,7H,5-6,13H2,(H,16,17)(H2,18,19,20)/t7-/m1/s1. The molecule has 1 atom stereocenters. The second-order valence-electron chi connectivity index (χ2n) is 4.58. The lowest BCUT2D eigenvalue weighted by Gasteiger charge is -2.12. The molecule has 9 heteroatoms. The molecule has 0 unspecified atom stereocenters. The Kier molecular flexibility index (Phi) is 4.34. The molecule has 5 N–H and O–H groups in total. The predicted octanol–water partition coefficient (Wildman–Crippen LogP) is 0.262. The van der Waals surface area contributed by atoms with E-state index in [0.717, 1.165) is 0 Å². The van der Waals surface area contributed by atoms with Crippen LogP contribution in [0.25, 0.3) is 11.0 Å². The van der Waals surface area contributed by atoms with Gasteiger partial charge in [0.1, 0.15) is 6.04 Å². The number of aromatic nitrogens is 2. The summed E-state index contributed by atoms with van der Waals surface area (Å²) >= 11 is 0. The smallest absolute Gasteiger partial charge is 0.331 e. The first-order chi connectivity index (χ1) is 9.76. The van der Waals surface area contributed by atoms with E-state index in [9.17, 15) is 9.36 Å². The van der Waals surface area contributed by atoms with Gasteiger partial charge in [0, 0.05) is 6.42 Å². The van der Waals surface area contributed by atoms with Gasteiger partial charge < -0.3 is 20.6 Å². The summed E-state index contributed by atoms with van der Waals surface area (Å²) in [5.41, 5.74) is 6.71. The molecule has 0 spiro atoms. The molecule has 21 heavy (non-hydrogen) atoms. The second kappa shape index (κ2) is 5.87. The Hall–Kier alpha value is -1.86. The first kappa shape index (κ1) is 15.5. The van der Waals surface area contributed by atoms with Crippen molar-refractivity contribution in [2.24, 2.45) is 5.73 Å². The van der Waals surface area contributed by atoms with Crippen molar-refractivity contribution in [1.82, 2.24) is 9.97 Å². The molecule has 1 aromatic carbocycles. The Morgan fingerprint density at radius 3 is 2.19 bits per heavy atom. The highest BCUT2D eigenvalue weighted by Gasteiger charge is 2.22. The number of nitrogens with two attached hydrogens (primary N) is 1. The van der Waals surface area contributed by atoms with Gasteiger partial charge in [-0.2, -0.15) is 0 Å². The number of para-hydroxylation sites is 2. The van der Waals surface area contributed by atoms with E-state index in [1.165, 1.54) is 0 Å². The van der Waals surface area contributed by atoms with Crippen molar-refractivity contribution in [2.45, 2.75) is 18.6 Å². The zero-order valence-electron chi connectivity index (χ0n) is 10.9. The third kappa shape index (κ3) is 4.05. The number of hydrogen-bond donors (Lipinski definition) is 4. The first-order valence-electron chi connectivity index (χ1n) is 6.04. The maximum atomic E-state index is 11.2. The van der Waals surface area contributed by atoms with Gasteiger partial charge in [-0.15, -0.1) is 0 Å². The van der Waals surface area contributed by atoms with Crippen LogP contribution in [-0.2, 0) is 21.9 Å². The average Bonchev–Trinajstić information content (AvgIpc) is 2.37. The molecule has 0 fully saturated rings. The number of nitrogens with zero attached hydrogens (tertiary/aromatic N) is 2. The largest absolute Gasteiger partial charge is 0.480 e. The zero-order valence-corrected chi connectivity index (χ0v) is 11.8. The van der Waals surface area contributed by atoms with Crippen LogP contribution in [-0.4, -0.2) is 36.9 Å². The zero-order chi connectivity index (χ0) is 15.6. The molecule has 0 aliphatic carbocycles. The average molecular weight is 311 g/mol. The third-order valence-corrected chi connectivity index (χ3v) is 3.52. The number of carboxylic acids is 1. The number of rotatable bonds is 5. The quantitative estimate of drug-likeness (QED) is 0.575. The van der Waals surface area contributed by atoms with E-state index in [0.29, 0.717) is 11.0 Å². The molecule has 8 nitrogen and oxygen atoms in total. The molecule has 1 aromatic heterocycles. The molecular formula is C12H14N3O5P. The SMILES string of the molecule is N[C@H](Cc1nc2ccccc2nc1CP(=O)(O)O)C(=O)O. The molecule has 112 valence electrons. The summed E-state index contributed by atoms with van der Waals surface area (Å²) in [4.78, 5) is 37.5. The van der Waals surface area contributed by atoms with E-state index in [2.05, 4.69) is 9.97 Å². The van der Waals surface area contributed by atoms with E-state index >= 15 is 0 Å². The molecule has 0 saturated heterocycles. The summed E-state index contributed by atoms with van der Waals surface area (Å²) in [6.07, 6.45) is -0.755. The lowest BCUT2D eigenvalue weighted by atomic mass is 10.1. The second-order valence-corrected chi connectivity index (χ2v) is 6.22. The van der Waals surface area contributed by atoms with E-state index < -0.39 is 25.8 Å². The normalized spacial score (nSPS) is 13.3. The Labute approximate surface area is 119 Å². The Bertz CT molecular complexity index is 730. The highest BCUT2D eigenvalue weighted by atomic mass is 31.2. The molecule has 2 rings (SSSR count). The highest BCUT2D eigenvalue weighted by molar-refractivity contribution is 7.50. The number of hydrogen-bond acceptors (Lipinski definition) is 5. The lowest BCUT2D eigenvalue weighted by molar-refractivity contribution is -0.138. The van der Waals surface area contributed by atoms with Gasteiger partial charge in [0.2, 0.25) is 0 Å². The van der Waals surface area contributed by atoms with Crippen LogP contribution in [0.1, 0.15) is 11.4 Å².